The van der Waals surface area contributed by atoms with Gasteiger partial charge in [0.15, 0.2) is 11.5 Å². The molecule has 28 heavy (non-hydrogen) atoms. The molecule has 0 aliphatic carbocycles. The van der Waals surface area contributed by atoms with Crippen molar-refractivity contribution in [3.63, 3.8) is 0 Å². The van der Waals surface area contributed by atoms with Crippen LogP contribution in [0, 0.1) is 6.92 Å². The maximum absolute atomic E-state index is 12.5. The second-order valence-corrected chi connectivity index (χ2v) is 6.56. The Labute approximate surface area is 166 Å². The van der Waals surface area contributed by atoms with Gasteiger partial charge in [0, 0.05) is 29.4 Å². The molecule has 1 aliphatic heterocycles. The predicted octanol–water partition coefficient (Wildman–Crippen LogP) is 3.84. The Balaban J connectivity index is 1.48. The van der Waals surface area contributed by atoms with Crippen molar-refractivity contribution in [2.45, 2.75) is 13.5 Å². The molecule has 0 saturated carbocycles. The number of rotatable bonds is 5. The lowest BCUT2D eigenvalue weighted by molar-refractivity contribution is 0.0945. The first kappa shape index (κ1) is 18.1. The van der Waals surface area contributed by atoms with Gasteiger partial charge in [-0.1, -0.05) is 29.8 Å². The number of aromatic nitrogens is 2. The van der Waals surface area contributed by atoms with Crippen LogP contribution in [0.3, 0.4) is 0 Å². The van der Waals surface area contributed by atoms with Gasteiger partial charge in [-0.15, -0.1) is 0 Å². The molecule has 0 fully saturated rings. The summed E-state index contributed by atoms with van der Waals surface area (Å²) in [5.41, 5.74) is 1.87. The van der Waals surface area contributed by atoms with Crippen molar-refractivity contribution in [3.05, 3.63) is 70.6 Å². The monoisotopic (exact) mass is 396 g/mol. The van der Waals surface area contributed by atoms with Crippen LogP contribution in [0.1, 0.15) is 21.9 Å². The first-order chi connectivity index (χ1) is 13.6. The molecule has 0 radical (unpaired) electrons. The van der Waals surface area contributed by atoms with Crippen molar-refractivity contribution in [1.29, 1.82) is 0 Å². The van der Waals surface area contributed by atoms with Gasteiger partial charge in [0.1, 0.15) is 17.3 Å². The van der Waals surface area contributed by atoms with E-state index in [0.29, 0.717) is 34.7 Å². The number of carbonyl (C=O) groups excluding carboxylic acids is 1. The summed E-state index contributed by atoms with van der Waals surface area (Å²) in [6.45, 7) is 2.25. The van der Waals surface area contributed by atoms with Crippen molar-refractivity contribution in [3.8, 4) is 11.5 Å². The molecule has 3 aromatic rings. The lowest BCUT2D eigenvalue weighted by atomic mass is 10.2. The summed E-state index contributed by atoms with van der Waals surface area (Å²) in [7, 11) is 0. The first-order valence-corrected chi connectivity index (χ1v) is 9.00. The van der Waals surface area contributed by atoms with E-state index in [1.54, 1.807) is 19.1 Å². The SMILES string of the molecule is Cc1nc(Nc2ccc3c(c2)OCO3)cc(C(=O)NCc2ccccc2Cl)n1. The number of fused-ring (bicyclic) bond motifs is 1. The predicted molar refractivity (Wildman–Crippen MR) is 105 cm³/mol. The molecule has 1 aliphatic rings. The maximum atomic E-state index is 12.5. The quantitative estimate of drug-likeness (QED) is 0.681. The topological polar surface area (TPSA) is 85.4 Å². The molecule has 2 N–H and O–H groups in total. The molecule has 0 bridgehead atoms. The van der Waals surface area contributed by atoms with E-state index in [1.807, 2.05) is 36.4 Å². The molecule has 2 aromatic carbocycles. The van der Waals surface area contributed by atoms with Crippen molar-refractivity contribution >= 4 is 29.0 Å². The molecule has 0 unspecified atom stereocenters. The number of ether oxygens (including phenoxy) is 2. The van der Waals surface area contributed by atoms with Crippen LogP contribution in [-0.2, 0) is 6.54 Å². The Morgan fingerprint density at radius 1 is 1.11 bits per heavy atom. The third-order valence-corrected chi connectivity index (χ3v) is 4.48. The third-order valence-electron chi connectivity index (χ3n) is 4.11. The van der Waals surface area contributed by atoms with Gasteiger partial charge >= 0.3 is 0 Å². The Morgan fingerprint density at radius 2 is 1.93 bits per heavy atom. The Bertz CT molecular complexity index is 1040. The summed E-state index contributed by atoms with van der Waals surface area (Å²) < 4.78 is 10.7. The molecule has 8 heteroatoms. The zero-order valence-electron chi connectivity index (χ0n) is 15.0. The minimum absolute atomic E-state index is 0.209. The summed E-state index contributed by atoms with van der Waals surface area (Å²) in [6.07, 6.45) is 0. The summed E-state index contributed by atoms with van der Waals surface area (Å²) in [5.74, 6) is 2.04. The highest BCUT2D eigenvalue weighted by molar-refractivity contribution is 6.31. The number of carbonyl (C=O) groups is 1. The molecular weight excluding hydrogens is 380 g/mol. The van der Waals surface area contributed by atoms with Gasteiger partial charge in [0.25, 0.3) is 5.91 Å². The fraction of sp³-hybridized carbons (Fsp3) is 0.150. The van der Waals surface area contributed by atoms with Crippen molar-refractivity contribution in [1.82, 2.24) is 15.3 Å². The number of nitrogens with one attached hydrogen (secondary N) is 2. The number of nitrogens with zero attached hydrogens (tertiary/aromatic N) is 2. The molecule has 7 nitrogen and oxygen atoms in total. The van der Waals surface area contributed by atoms with E-state index in [4.69, 9.17) is 21.1 Å². The van der Waals surface area contributed by atoms with Crippen molar-refractivity contribution < 1.29 is 14.3 Å². The van der Waals surface area contributed by atoms with Gasteiger partial charge < -0.3 is 20.1 Å². The molecule has 0 atom stereocenters. The van der Waals surface area contributed by atoms with E-state index in [-0.39, 0.29) is 18.4 Å². The summed E-state index contributed by atoms with van der Waals surface area (Å²) in [6, 6.07) is 14.4. The van der Waals surface area contributed by atoms with E-state index in [1.165, 1.54) is 0 Å². The highest BCUT2D eigenvalue weighted by Crippen LogP contribution is 2.34. The average Bonchev–Trinajstić information content (AvgIpc) is 3.14. The zero-order chi connectivity index (χ0) is 19.5. The minimum Gasteiger partial charge on any atom is -0.454 e. The molecular formula is C20H17ClN4O3. The Kier molecular flexibility index (Phi) is 4.99. The number of hydrogen-bond acceptors (Lipinski definition) is 6. The second-order valence-electron chi connectivity index (χ2n) is 6.15. The van der Waals surface area contributed by atoms with E-state index in [2.05, 4.69) is 20.6 Å². The standard InChI is InChI=1S/C20H17ClN4O3/c1-12-23-16(20(26)22-10-13-4-2-3-5-15(13)21)9-19(24-12)25-14-6-7-17-18(8-14)28-11-27-17/h2-9H,10-11H2,1H3,(H,22,26)(H,23,24,25). The van der Waals surface area contributed by atoms with Crippen LogP contribution in [0.15, 0.2) is 48.5 Å². The Morgan fingerprint density at radius 3 is 2.79 bits per heavy atom. The van der Waals surface area contributed by atoms with E-state index < -0.39 is 0 Å². The largest absolute Gasteiger partial charge is 0.454 e. The molecule has 1 aromatic heterocycles. The van der Waals surface area contributed by atoms with Gasteiger partial charge in [-0.05, 0) is 30.7 Å². The van der Waals surface area contributed by atoms with E-state index in [0.717, 1.165) is 11.3 Å². The van der Waals surface area contributed by atoms with Gasteiger partial charge in [-0.3, -0.25) is 4.79 Å². The summed E-state index contributed by atoms with van der Waals surface area (Å²) in [4.78, 5) is 21.1. The van der Waals surface area contributed by atoms with Crippen LogP contribution in [0.2, 0.25) is 5.02 Å². The van der Waals surface area contributed by atoms with E-state index in [9.17, 15) is 4.79 Å². The van der Waals surface area contributed by atoms with E-state index >= 15 is 0 Å². The van der Waals surface area contributed by atoms with Crippen LogP contribution in [0.5, 0.6) is 11.5 Å². The van der Waals surface area contributed by atoms with Crippen molar-refractivity contribution in [2.24, 2.45) is 0 Å². The van der Waals surface area contributed by atoms with Gasteiger partial charge in [0.05, 0.1) is 0 Å². The fourth-order valence-electron chi connectivity index (χ4n) is 2.78. The average molecular weight is 397 g/mol. The number of aryl methyl sites for hydroxylation is 1. The number of hydrogen-bond donors (Lipinski definition) is 2. The summed E-state index contributed by atoms with van der Waals surface area (Å²) >= 11 is 6.13. The van der Waals surface area contributed by atoms with Crippen LogP contribution in [-0.4, -0.2) is 22.7 Å². The molecule has 142 valence electrons. The number of halogens is 1. The maximum Gasteiger partial charge on any atom is 0.270 e. The van der Waals surface area contributed by atoms with Crippen LogP contribution in [0.4, 0.5) is 11.5 Å². The third kappa shape index (κ3) is 3.99. The smallest absolute Gasteiger partial charge is 0.270 e. The zero-order valence-corrected chi connectivity index (χ0v) is 15.8. The Hall–Kier alpha value is -3.32. The normalized spacial score (nSPS) is 11.9. The molecule has 2 heterocycles. The number of benzene rings is 2. The minimum atomic E-state index is -0.306. The van der Waals surface area contributed by atoms with Crippen LogP contribution >= 0.6 is 11.6 Å². The first-order valence-electron chi connectivity index (χ1n) is 8.62. The molecule has 1 amide bonds. The van der Waals surface area contributed by atoms with Crippen LogP contribution < -0.4 is 20.1 Å². The lowest BCUT2D eigenvalue weighted by Gasteiger charge is -2.10. The van der Waals surface area contributed by atoms with Gasteiger partial charge in [-0.25, -0.2) is 9.97 Å². The molecule has 0 spiro atoms. The fourth-order valence-corrected chi connectivity index (χ4v) is 2.98. The highest BCUT2D eigenvalue weighted by Gasteiger charge is 2.15. The summed E-state index contributed by atoms with van der Waals surface area (Å²) in [5, 5.41) is 6.60. The van der Waals surface area contributed by atoms with Crippen molar-refractivity contribution in [2.75, 3.05) is 12.1 Å². The second kappa shape index (κ2) is 7.74. The lowest BCUT2D eigenvalue weighted by Crippen LogP contribution is -2.24. The molecule has 0 saturated heterocycles. The van der Waals surface area contributed by atoms with Crippen LogP contribution in [0.25, 0.3) is 0 Å². The van der Waals surface area contributed by atoms with Gasteiger partial charge in [-0.2, -0.15) is 0 Å². The van der Waals surface area contributed by atoms with Gasteiger partial charge in [0.2, 0.25) is 6.79 Å². The highest BCUT2D eigenvalue weighted by atomic mass is 35.5. The number of anilines is 2. The number of amides is 1. The molecule has 4 rings (SSSR count).